The molecule has 5 heteroatoms. The number of fused-ring (bicyclic) bond motifs is 1. The summed E-state index contributed by atoms with van der Waals surface area (Å²) in [6, 6.07) is 4.34. The Hall–Kier alpha value is -1.36. The van der Waals surface area contributed by atoms with Crippen LogP contribution in [-0.2, 0) is 9.84 Å². The molecule has 2 aromatic rings. The van der Waals surface area contributed by atoms with E-state index in [2.05, 4.69) is 4.98 Å². The fourth-order valence-corrected chi connectivity index (χ4v) is 2.24. The lowest BCUT2D eigenvalue weighted by Crippen LogP contribution is -1.94. The number of H-pyrrole nitrogens is 1. The fraction of sp³-hybridized carbons (Fsp3) is 0.111. The van der Waals surface area contributed by atoms with E-state index in [1.54, 1.807) is 6.07 Å². The van der Waals surface area contributed by atoms with Crippen LogP contribution in [0.5, 0.6) is 0 Å². The monoisotopic (exact) mass is 213 g/mol. The van der Waals surface area contributed by atoms with Gasteiger partial charge in [0.05, 0.1) is 10.4 Å². The van der Waals surface area contributed by atoms with Crippen LogP contribution in [0.1, 0.15) is 0 Å². The number of nitrogens with one attached hydrogen (secondary N) is 1. The summed E-state index contributed by atoms with van der Waals surface area (Å²) < 4.78 is 35.7. The molecule has 3 nitrogen and oxygen atoms in total. The molecule has 1 aromatic heterocycles. The Balaban J connectivity index is 2.90. The first-order chi connectivity index (χ1) is 6.50. The maximum Gasteiger partial charge on any atom is 0.177 e. The van der Waals surface area contributed by atoms with Crippen LogP contribution in [0.2, 0.25) is 0 Å². The summed E-state index contributed by atoms with van der Waals surface area (Å²) >= 11 is 0. The first kappa shape index (κ1) is 9.21. The lowest BCUT2D eigenvalue weighted by Gasteiger charge is -1.95. The average molecular weight is 213 g/mol. The van der Waals surface area contributed by atoms with Crippen molar-refractivity contribution < 1.29 is 12.8 Å². The zero-order valence-corrected chi connectivity index (χ0v) is 8.23. The van der Waals surface area contributed by atoms with E-state index in [4.69, 9.17) is 0 Å². The molecule has 74 valence electrons. The molecule has 0 amide bonds. The third-order valence-corrected chi connectivity index (χ3v) is 3.16. The van der Waals surface area contributed by atoms with Crippen LogP contribution in [0.15, 0.2) is 29.3 Å². The normalized spacial score (nSPS) is 12.1. The summed E-state index contributed by atoms with van der Waals surface area (Å²) in [5.41, 5.74) is 0.230. The predicted molar refractivity (Wildman–Crippen MR) is 51.4 cm³/mol. The van der Waals surface area contributed by atoms with Gasteiger partial charge in [-0.05, 0) is 6.07 Å². The van der Waals surface area contributed by atoms with Gasteiger partial charge in [-0.15, -0.1) is 0 Å². The number of rotatable bonds is 1. The van der Waals surface area contributed by atoms with Crippen molar-refractivity contribution in [3.63, 3.8) is 0 Å². The molecule has 0 fully saturated rings. The van der Waals surface area contributed by atoms with Crippen molar-refractivity contribution in [2.45, 2.75) is 4.90 Å². The summed E-state index contributed by atoms with van der Waals surface area (Å²) in [6.45, 7) is 0. The Morgan fingerprint density at radius 1 is 1.36 bits per heavy atom. The molecule has 0 bridgehead atoms. The van der Waals surface area contributed by atoms with Crippen LogP contribution in [0, 0.1) is 5.82 Å². The van der Waals surface area contributed by atoms with Crippen molar-refractivity contribution in [3.05, 3.63) is 30.2 Å². The molecule has 0 atom stereocenters. The van der Waals surface area contributed by atoms with Crippen LogP contribution in [-0.4, -0.2) is 19.7 Å². The van der Waals surface area contributed by atoms with Gasteiger partial charge >= 0.3 is 0 Å². The van der Waals surface area contributed by atoms with Gasteiger partial charge in [0.1, 0.15) is 5.82 Å². The topological polar surface area (TPSA) is 49.9 Å². The van der Waals surface area contributed by atoms with E-state index in [1.807, 2.05) is 0 Å². The van der Waals surface area contributed by atoms with E-state index in [1.165, 1.54) is 18.3 Å². The molecule has 0 spiro atoms. The Morgan fingerprint density at radius 2 is 2.07 bits per heavy atom. The molecule has 0 aliphatic carbocycles. The van der Waals surface area contributed by atoms with Crippen molar-refractivity contribution in [2.24, 2.45) is 0 Å². The Kier molecular flexibility index (Phi) is 1.85. The van der Waals surface area contributed by atoms with Crippen LogP contribution in [0.4, 0.5) is 4.39 Å². The van der Waals surface area contributed by atoms with Crippen molar-refractivity contribution in [1.82, 2.24) is 4.98 Å². The van der Waals surface area contributed by atoms with E-state index < -0.39 is 15.7 Å². The second kappa shape index (κ2) is 2.81. The maximum atomic E-state index is 13.2. The molecular weight excluding hydrogens is 205 g/mol. The van der Waals surface area contributed by atoms with Crippen LogP contribution >= 0.6 is 0 Å². The molecule has 1 heterocycles. The molecule has 0 saturated heterocycles. The van der Waals surface area contributed by atoms with Gasteiger partial charge < -0.3 is 4.98 Å². The first-order valence-electron chi connectivity index (χ1n) is 3.96. The zero-order valence-electron chi connectivity index (χ0n) is 7.41. The number of para-hydroxylation sites is 1. The number of hydrogen-bond donors (Lipinski definition) is 1. The highest BCUT2D eigenvalue weighted by atomic mass is 32.2. The third kappa shape index (κ3) is 1.29. The predicted octanol–water partition coefficient (Wildman–Crippen LogP) is 1.71. The number of benzene rings is 1. The lowest BCUT2D eigenvalue weighted by molar-refractivity contribution is 0.602. The second-order valence-corrected chi connectivity index (χ2v) is 5.07. The van der Waals surface area contributed by atoms with E-state index in [0.29, 0.717) is 5.39 Å². The molecule has 0 aliphatic heterocycles. The number of sulfone groups is 1. The molecule has 1 N–H and O–H groups in total. The van der Waals surface area contributed by atoms with Crippen molar-refractivity contribution >= 4 is 20.7 Å². The molecule has 14 heavy (non-hydrogen) atoms. The lowest BCUT2D eigenvalue weighted by atomic mass is 10.2. The minimum Gasteiger partial charge on any atom is -0.358 e. The third-order valence-electron chi connectivity index (χ3n) is 2.03. The second-order valence-electron chi connectivity index (χ2n) is 3.09. The number of aromatic nitrogens is 1. The zero-order chi connectivity index (χ0) is 10.3. The molecule has 2 rings (SSSR count). The number of halogens is 1. The van der Waals surface area contributed by atoms with Gasteiger partial charge in [0.25, 0.3) is 0 Å². The van der Waals surface area contributed by atoms with Crippen LogP contribution < -0.4 is 0 Å². The van der Waals surface area contributed by atoms with Crippen LogP contribution in [0.25, 0.3) is 10.9 Å². The summed E-state index contributed by atoms with van der Waals surface area (Å²) in [7, 11) is -3.30. The van der Waals surface area contributed by atoms with Gasteiger partial charge in [-0.25, -0.2) is 12.8 Å². The van der Waals surface area contributed by atoms with Crippen LogP contribution in [0.3, 0.4) is 0 Å². The van der Waals surface area contributed by atoms with Crippen molar-refractivity contribution in [2.75, 3.05) is 6.26 Å². The summed E-state index contributed by atoms with van der Waals surface area (Å²) in [5.74, 6) is -0.447. The highest BCUT2D eigenvalue weighted by Crippen LogP contribution is 2.24. The van der Waals surface area contributed by atoms with Gasteiger partial charge in [-0.2, -0.15) is 0 Å². The first-order valence-corrected chi connectivity index (χ1v) is 5.85. The summed E-state index contributed by atoms with van der Waals surface area (Å²) in [5, 5.41) is 0.396. The van der Waals surface area contributed by atoms with E-state index in [9.17, 15) is 12.8 Å². The van der Waals surface area contributed by atoms with Crippen molar-refractivity contribution in [1.29, 1.82) is 0 Å². The van der Waals surface area contributed by atoms with Gasteiger partial charge in [0, 0.05) is 17.8 Å². The van der Waals surface area contributed by atoms with Gasteiger partial charge in [-0.1, -0.05) is 12.1 Å². The molecule has 0 unspecified atom stereocenters. The van der Waals surface area contributed by atoms with Crippen molar-refractivity contribution in [3.8, 4) is 0 Å². The quantitative estimate of drug-likeness (QED) is 0.784. The van der Waals surface area contributed by atoms with E-state index >= 15 is 0 Å². The molecule has 1 aromatic carbocycles. The minimum atomic E-state index is -3.30. The SMILES string of the molecule is CS(=O)(=O)c1c[nH]c2c(F)cccc12. The smallest absolute Gasteiger partial charge is 0.177 e. The largest absolute Gasteiger partial charge is 0.358 e. The highest BCUT2D eigenvalue weighted by Gasteiger charge is 2.14. The highest BCUT2D eigenvalue weighted by molar-refractivity contribution is 7.91. The minimum absolute atomic E-state index is 0.131. The van der Waals surface area contributed by atoms with Gasteiger partial charge in [0.2, 0.25) is 0 Å². The number of hydrogen-bond acceptors (Lipinski definition) is 2. The summed E-state index contributed by atoms with van der Waals surface area (Å²) in [4.78, 5) is 2.74. The Morgan fingerprint density at radius 3 is 2.71 bits per heavy atom. The maximum absolute atomic E-state index is 13.2. The molecule has 0 aliphatic rings. The Bertz CT molecular complexity index is 586. The fourth-order valence-electron chi connectivity index (χ4n) is 1.40. The standard InChI is InChI=1S/C9H8FNO2S/c1-14(12,13)8-5-11-9-6(8)3-2-4-7(9)10/h2-5,11H,1H3. The molecule has 0 radical (unpaired) electrons. The van der Waals surface area contributed by atoms with Gasteiger partial charge in [-0.3, -0.25) is 0 Å². The molecular formula is C9H8FNO2S. The molecule has 0 saturated carbocycles. The van der Waals surface area contributed by atoms with E-state index in [-0.39, 0.29) is 10.4 Å². The Labute approximate surface area is 80.5 Å². The number of aromatic amines is 1. The average Bonchev–Trinajstić information content (AvgIpc) is 2.47. The van der Waals surface area contributed by atoms with Gasteiger partial charge in [0.15, 0.2) is 9.84 Å². The van der Waals surface area contributed by atoms with E-state index in [0.717, 1.165) is 6.26 Å². The summed E-state index contributed by atoms with van der Waals surface area (Å²) in [6.07, 6.45) is 2.41.